The first-order valence-electron chi connectivity index (χ1n) is 4.92. The number of benzene rings is 2. The molecule has 2 aromatic rings. The molecule has 0 saturated heterocycles. The minimum atomic E-state index is 0.468. The molecule has 0 saturated carbocycles. The van der Waals surface area contributed by atoms with E-state index >= 15 is 0 Å². The summed E-state index contributed by atoms with van der Waals surface area (Å²) in [4.78, 5) is 0. The lowest BCUT2D eigenvalue weighted by molar-refractivity contribution is 0.481. The third-order valence-electron chi connectivity index (χ3n) is 2.17. The second kappa shape index (κ2) is 4.89. The van der Waals surface area contributed by atoms with Gasteiger partial charge in [0.25, 0.3) is 0 Å². The zero-order valence-corrected chi connectivity index (χ0v) is 10.4. The molecule has 0 bridgehead atoms. The highest BCUT2D eigenvalue weighted by atomic mass is 79.9. The molecule has 4 heteroatoms. The fraction of sp³-hybridized carbons (Fsp3) is 0. The van der Waals surface area contributed by atoms with E-state index in [-0.39, 0.29) is 0 Å². The van der Waals surface area contributed by atoms with Gasteiger partial charge in [0.1, 0.15) is 23.1 Å². The van der Waals surface area contributed by atoms with Crippen LogP contribution in [0.15, 0.2) is 46.9 Å². The minimum absolute atomic E-state index is 0.468. The number of hydrogen-bond donors (Lipinski definition) is 1. The van der Waals surface area contributed by atoms with Crippen LogP contribution in [-0.4, -0.2) is 0 Å². The molecule has 0 amide bonds. The largest absolute Gasteiger partial charge is 0.456 e. The summed E-state index contributed by atoms with van der Waals surface area (Å²) in [6.07, 6.45) is 0. The highest BCUT2D eigenvalue weighted by Crippen LogP contribution is 2.30. The summed E-state index contributed by atoms with van der Waals surface area (Å²) in [7, 11) is 0. The zero-order chi connectivity index (χ0) is 12.3. The lowest BCUT2D eigenvalue weighted by Crippen LogP contribution is -1.90. The van der Waals surface area contributed by atoms with Gasteiger partial charge in [0.05, 0.1) is 0 Å². The number of ether oxygens (including phenoxy) is 1. The Morgan fingerprint density at radius 1 is 1.18 bits per heavy atom. The van der Waals surface area contributed by atoms with Crippen LogP contribution in [0.4, 0.5) is 5.69 Å². The number of nitrogens with two attached hydrogens (primary N) is 1. The van der Waals surface area contributed by atoms with Crippen molar-refractivity contribution >= 4 is 21.6 Å². The van der Waals surface area contributed by atoms with Crippen molar-refractivity contribution in [2.75, 3.05) is 5.73 Å². The predicted molar refractivity (Wildman–Crippen MR) is 69.8 cm³/mol. The molecule has 0 aliphatic carbocycles. The van der Waals surface area contributed by atoms with Gasteiger partial charge in [-0.15, -0.1) is 0 Å². The van der Waals surface area contributed by atoms with E-state index in [2.05, 4.69) is 22.0 Å². The van der Waals surface area contributed by atoms with E-state index in [1.54, 1.807) is 36.4 Å². The number of anilines is 1. The Hall–Kier alpha value is -1.99. The maximum absolute atomic E-state index is 9.05. The zero-order valence-electron chi connectivity index (χ0n) is 8.85. The quantitative estimate of drug-likeness (QED) is 0.858. The van der Waals surface area contributed by atoms with Crippen molar-refractivity contribution in [3.63, 3.8) is 0 Å². The van der Waals surface area contributed by atoms with Gasteiger partial charge in [-0.25, -0.2) is 0 Å². The Morgan fingerprint density at radius 3 is 2.65 bits per heavy atom. The lowest BCUT2D eigenvalue weighted by atomic mass is 10.2. The monoisotopic (exact) mass is 288 g/mol. The van der Waals surface area contributed by atoms with E-state index in [1.165, 1.54) is 0 Å². The third kappa shape index (κ3) is 2.58. The molecule has 3 nitrogen and oxygen atoms in total. The van der Waals surface area contributed by atoms with E-state index < -0.39 is 0 Å². The molecule has 2 N–H and O–H groups in total. The minimum Gasteiger partial charge on any atom is -0.456 e. The van der Waals surface area contributed by atoms with E-state index in [1.807, 2.05) is 6.07 Å². The first-order valence-corrected chi connectivity index (χ1v) is 5.72. The highest BCUT2D eigenvalue weighted by molar-refractivity contribution is 9.10. The van der Waals surface area contributed by atoms with Crippen LogP contribution in [0.1, 0.15) is 5.56 Å². The molecule has 0 radical (unpaired) electrons. The van der Waals surface area contributed by atoms with Gasteiger partial charge in [0.15, 0.2) is 0 Å². The van der Waals surface area contributed by atoms with Crippen LogP contribution in [0.25, 0.3) is 0 Å². The maximum Gasteiger partial charge on any atom is 0.146 e. The van der Waals surface area contributed by atoms with Crippen LogP contribution in [0.2, 0.25) is 0 Å². The van der Waals surface area contributed by atoms with Crippen LogP contribution in [-0.2, 0) is 0 Å². The average Bonchev–Trinajstić information content (AvgIpc) is 2.29. The number of rotatable bonds is 2. The SMILES string of the molecule is N#Cc1c(Br)cccc1Oc1cccc(N)c1. The molecule has 84 valence electrons. The molecule has 0 aromatic heterocycles. The van der Waals surface area contributed by atoms with Gasteiger partial charge in [-0.05, 0) is 40.2 Å². The topological polar surface area (TPSA) is 59.0 Å². The summed E-state index contributed by atoms with van der Waals surface area (Å²) in [6, 6.07) is 14.5. The molecule has 0 atom stereocenters. The second-order valence-corrected chi connectivity index (χ2v) is 4.25. The summed E-state index contributed by atoms with van der Waals surface area (Å²) in [5.74, 6) is 1.12. The van der Waals surface area contributed by atoms with Gasteiger partial charge in [-0.2, -0.15) is 5.26 Å². The molecule has 2 rings (SSSR count). The number of nitrogen functional groups attached to an aromatic ring is 1. The van der Waals surface area contributed by atoms with Gasteiger partial charge in [-0.1, -0.05) is 12.1 Å². The van der Waals surface area contributed by atoms with Gasteiger partial charge >= 0.3 is 0 Å². The summed E-state index contributed by atoms with van der Waals surface area (Å²) in [5.41, 5.74) is 6.75. The highest BCUT2D eigenvalue weighted by Gasteiger charge is 2.07. The maximum atomic E-state index is 9.05. The average molecular weight is 289 g/mol. The van der Waals surface area contributed by atoms with Gasteiger partial charge < -0.3 is 10.5 Å². The Labute approximate surface area is 108 Å². The summed E-state index contributed by atoms with van der Waals surface area (Å²) < 4.78 is 6.34. The Bertz CT molecular complexity index is 590. The molecule has 0 fully saturated rings. The van der Waals surface area contributed by atoms with Gasteiger partial charge in [0.2, 0.25) is 0 Å². The molecule has 0 aliphatic rings. The van der Waals surface area contributed by atoms with Crippen LogP contribution in [0.3, 0.4) is 0 Å². The molecular formula is C13H9BrN2O. The van der Waals surface area contributed by atoms with Gasteiger partial charge in [0, 0.05) is 16.2 Å². The Morgan fingerprint density at radius 2 is 1.94 bits per heavy atom. The normalized spacial score (nSPS) is 9.65. The number of halogens is 1. The molecule has 0 aliphatic heterocycles. The van der Waals surface area contributed by atoms with Crippen LogP contribution in [0, 0.1) is 11.3 Å². The van der Waals surface area contributed by atoms with Gasteiger partial charge in [-0.3, -0.25) is 0 Å². The molecule has 0 unspecified atom stereocenters. The number of hydrogen-bond acceptors (Lipinski definition) is 3. The van der Waals surface area contributed by atoms with E-state index in [4.69, 9.17) is 15.7 Å². The molecule has 0 spiro atoms. The van der Waals surface area contributed by atoms with Crippen molar-refractivity contribution < 1.29 is 4.74 Å². The van der Waals surface area contributed by atoms with Crippen LogP contribution < -0.4 is 10.5 Å². The van der Waals surface area contributed by atoms with Crippen molar-refractivity contribution in [3.8, 4) is 17.6 Å². The fourth-order valence-electron chi connectivity index (χ4n) is 1.40. The molecule has 0 heterocycles. The van der Waals surface area contributed by atoms with Crippen LogP contribution in [0.5, 0.6) is 11.5 Å². The van der Waals surface area contributed by atoms with E-state index in [0.29, 0.717) is 27.2 Å². The van der Waals surface area contributed by atoms with E-state index in [9.17, 15) is 0 Å². The number of nitrogens with zero attached hydrogens (tertiary/aromatic N) is 1. The van der Waals surface area contributed by atoms with Crippen molar-refractivity contribution in [1.29, 1.82) is 5.26 Å². The van der Waals surface area contributed by atoms with Crippen LogP contribution >= 0.6 is 15.9 Å². The first kappa shape index (κ1) is 11.5. The second-order valence-electron chi connectivity index (χ2n) is 3.40. The smallest absolute Gasteiger partial charge is 0.146 e. The molecule has 2 aromatic carbocycles. The molecular weight excluding hydrogens is 280 g/mol. The van der Waals surface area contributed by atoms with E-state index in [0.717, 1.165) is 0 Å². The summed E-state index contributed by atoms with van der Waals surface area (Å²) >= 11 is 3.31. The number of nitriles is 1. The van der Waals surface area contributed by atoms with Crippen molar-refractivity contribution in [1.82, 2.24) is 0 Å². The first-order chi connectivity index (χ1) is 8.20. The fourth-order valence-corrected chi connectivity index (χ4v) is 1.84. The lowest BCUT2D eigenvalue weighted by Gasteiger charge is -2.08. The third-order valence-corrected chi connectivity index (χ3v) is 2.83. The van der Waals surface area contributed by atoms with Crippen molar-refractivity contribution in [2.45, 2.75) is 0 Å². The Kier molecular flexibility index (Phi) is 3.31. The summed E-state index contributed by atoms with van der Waals surface area (Å²) in [6.45, 7) is 0. The Balaban J connectivity index is 2.37. The van der Waals surface area contributed by atoms with Crippen molar-refractivity contribution in [2.24, 2.45) is 0 Å². The predicted octanol–water partition coefficient (Wildman–Crippen LogP) is 3.70. The molecule has 17 heavy (non-hydrogen) atoms. The standard InChI is InChI=1S/C13H9BrN2O/c14-12-5-2-6-13(11(12)8-15)17-10-4-1-3-9(16)7-10/h1-7H,16H2. The van der Waals surface area contributed by atoms with Crippen molar-refractivity contribution in [3.05, 3.63) is 52.5 Å². The summed E-state index contributed by atoms with van der Waals surface area (Å²) in [5, 5.41) is 9.05.